The van der Waals surface area contributed by atoms with Crippen molar-refractivity contribution in [2.24, 2.45) is 0 Å². The van der Waals surface area contributed by atoms with E-state index in [1.165, 1.54) is 6.92 Å². The first-order chi connectivity index (χ1) is 8.49. The number of amides is 1. The third-order valence-electron chi connectivity index (χ3n) is 2.35. The lowest BCUT2D eigenvalue weighted by Gasteiger charge is -2.06. The standard InChI is InChI=1S/C13H16ClNO3/c1-9(16)8-12(17)13(18)15-7-6-10-2-4-11(14)5-3-10/h2-5,9,16H,6-8H2,1H3,(H,15,18). The Hall–Kier alpha value is -1.39. The summed E-state index contributed by atoms with van der Waals surface area (Å²) in [7, 11) is 0. The number of aliphatic hydroxyl groups excluding tert-OH is 1. The van der Waals surface area contributed by atoms with Gasteiger partial charge in [-0.15, -0.1) is 0 Å². The first-order valence-corrected chi connectivity index (χ1v) is 6.10. The van der Waals surface area contributed by atoms with Gasteiger partial charge in [-0.3, -0.25) is 9.59 Å². The first kappa shape index (κ1) is 14.7. The molecule has 98 valence electrons. The Bertz CT molecular complexity index is 415. The maximum atomic E-state index is 11.3. The molecule has 0 aliphatic rings. The van der Waals surface area contributed by atoms with E-state index in [1.54, 1.807) is 12.1 Å². The number of halogens is 1. The monoisotopic (exact) mass is 269 g/mol. The molecule has 0 radical (unpaired) electrons. The van der Waals surface area contributed by atoms with E-state index >= 15 is 0 Å². The SMILES string of the molecule is CC(O)CC(=O)C(=O)NCCc1ccc(Cl)cc1. The van der Waals surface area contributed by atoms with Crippen molar-refractivity contribution >= 4 is 23.3 Å². The lowest BCUT2D eigenvalue weighted by Crippen LogP contribution is -2.33. The summed E-state index contributed by atoms with van der Waals surface area (Å²) in [4.78, 5) is 22.6. The lowest BCUT2D eigenvalue weighted by molar-refractivity contribution is -0.138. The van der Waals surface area contributed by atoms with E-state index in [9.17, 15) is 9.59 Å². The summed E-state index contributed by atoms with van der Waals surface area (Å²) in [6, 6.07) is 7.28. The summed E-state index contributed by atoms with van der Waals surface area (Å²) in [5.74, 6) is -1.24. The van der Waals surface area contributed by atoms with Crippen molar-refractivity contribution < 1.29 is 14.7 Å². The van der Waals surface area contributed by atoms with Gasteiger partial charge in [0.15, 0.2) is 0 Å². The predicted molar refractivity (Wildman–Crippen MR) is 69.5 cm³/mol. The number of hydrogen-bond donors (Lipinski definition) is 2. The Labute approximate surface area is 111 Å². The van der Waals surface area contributed by atoms with Crippen LogP contribution in [0.1, 0.15) is 18.9 Å². The van der Waals surface area contributed by atoms with Crippen molar-refractivity contribution in [1.82, 2.24) is 5.32 Å². The minimum atomic E-state index is -0.792. The van der Waals surface area contributed by atoms with Crippen LogP contribution in [0.3, 0.4) is 0 Å². The fourth-order valence-corrected chi connectivity index (χ4v) is 1.56. The molecule has 5 heteroatoms. The summed E-state index contributed by atoms with van der Waals surface area (Å²) in [5.41, 5.74) is 1.03. The van der Waals surface area contributed by atoms with Crippen molar-refractivity contribution in [3.63, 3.8) is 0 Å². The Morgan fingerprint density at radius 2 is 1.94 bits per heavy atom. The number of benzene rings is 1. The van der Waals surface area contributed by atoms with Crippen molar-refractivity contribution in [2.45, 2.75) is 25.9 Å². The van der Waals surface area contributed by atoms with Crippen LogP contribution in [0.4, 0.5) is 0 Å². The third-order valence-corrected chi connectivity index (χ3v) is 2.60. The highest BCUT2D eigenvalue weighted by atomic mass is 35.5. The number of nitrogens with one attached hydrogen (secondary N) is 1. The van der Waals surface area contributed by atoms with Gasteiger partial charge in [0.2, 0.25) is 5.78 Å². The summed E-state index contributed by atoms with van der Waals surface area (Å²) >= 11 is 5.75. The van der Waals surface area contributed by atoms with E-state index in [1.807, 2.05) is 12.1 Å². The predicted octanol–water partition coefficient (Wildman–Crippen LogP) is 1.34. The molecule has 18 heavy (non-hydrogen) atoms. The summed E-state index contributed by atoms with van der Waals surface area (Å²) in [6.07, 6.45) is -0.308. The smallest absolute Gasteiger partial charge is 0.287 e. The number of aliphatic hydroxyl groups is 1. The maximum Gasteiger partial charge on any atom is 0.287 e. The highest BCUT2D eigenvalue weighted by Crippen LogP contribution is 2.09. The van der Waals surface area contributed by atoms with Gasteiger partial charge < -0.3 is 10.4 Å². The van der Waals surface area contributed by atoms with Gasteiger partial charge in [-0.2, -0.15) is 0 Å². The zero-order chi connectivity index (χ0) is 13.5. The minimum absolute atomic E-state index is 0.146. The Morgan fingerprint density at radius 1 is 1.33 bits per heavy atom. The van der Waals surface area contributed by atoms with Crippen LogP contribution in [0.15, 0.2) is 24.3 Å². The van der Waals surface area contributed by atoms with Gasteiger partial charge in [0.05, 0.1) is 6.10 Å². The number of rotatable bonds is 6. The molecule has 1 amide bonds. The van der Waals surface area contributed by atoms with Crippen LogP contribution in [-0.4, -0.2) is 29.4 Å². The maximum absolute atomic E-state index is 11.3. The number of ketones is 1. The molecule has 1 unspecified atom stereocenters. The molecule has 0 aromatic heterocycles. The Balaban J connectivity index is 2.31. The van der Waals surface area contributed by atoms with E-state index < -0.39 is 17.8 Å². The quantitative estimate of drug-likeness (QED) is 0.766. The van der Waals surface area contributed by atoms with Gasteiger partial charge in [-0.05, 0) is 31.0 Å². The van der Waals surface area contributed by atoms with Gasteiger partial charge in [-0.25, -0.2) is 0 Å². The zero-order valence-electron chi connectivity index (χ0n) is 10.1. The van der Waals surface area contributed by atoms with Crippen LogP contribution < -0.4 is 5.32 Å². The second-order valence-corrected chi connectivity index (χ2v) is 4.55. The number of Topliss-reactive ketones (excluding diaryl/α,β-unsaturated/α-hetero) is 1. The lowest BCUT2D eigenvalue weighted by atomic mass is 10.1. The van der Waals surface area contributed by atoms with Crippen LogP contribution in [-0.2, 0) is 16.0 Å². The van der Waals surface area contributed by atoms with Crippen molar-refractivity contribution in [3.8, 4) is 0 Å². The first-order valence-electron chi connectivity index (χ1n) is 5.72. The largest absolute Gasteiger partial charge is 0.393 e. The Kier molecular flexibility index (Phi) is 5.82. The van der Waals surface area contributed by atoms with Gasteiger partial charge in [-0.1, -0.05) is 23.7 Å². The topological polar surface area (TPSA) is 66.4 Å². The zero-order valence-corrected chi connectivity index (χ0v) is 10.9. The highest BCUT2D eigenvalue weighted by molar-refractivity contribution is 6.36. The van der Waals surface area contributed by atoms with Crippen LogP contribution in [0.25, 0.3) is 0 Å². The molecule has 4 nitrogen and oxygen atoms in total. The van der Waals surface area contributed by atoms with Crippen LogP contribution >= 0.6 is 11.6 Å². The van der Waals surface area contributed by atoms with E-state index in [0.29, 0.717) is 18.0 Å². The van der Waals surface area contributed by atoms with E-state index in [4.69, 9.17) is 16.7 Å². The normalized spacial score (nSPS) is 11.9. The molecule has 1 aromatic carbocycles. The van der Waals surface area contributed by atoms with Gasteiger partial charge in [0.25, 0.3) is 5.91 Å². The van der Waals surface area contributed by atoms with Crippen LogP contribution in [0.2, 0.25) is 5.02 Å². The summed E-state index contributed by atoms with van der Waals surface area (Å²) in [5, 5.41) is 12.2. The van der Waals surface area contributed by atoms with Crippen molar-refractivity contribution in [2.75, 3.05) is 6.54 Å². The van der Waals surface area contributed by atoms with Crippen LogP contribution in [0, 0.1) is 0 Å². The van der Waals surface area contributed by atoms with Crippen molar-refractivity contribution in [3.05, 3.63) is 34.9 Å². The van der Waals surface area contributed by atoms with E-state index in [0.717, 1.165) is 5.56 Å². The van der Waals surface area contributed by atoms with Crippen LogP contribution in [0.5, 0.6) is 0 Å². The second kappa shape index (κ2) is 7.13. The number of carbonyl (C=O) groups is 2. The van der Waals surface area contributed by atoms with E-state index in [-0.39, 0.29) is 6.42 Å². The van der Waals surface area contributed by atoms with Gasteiger partial charge >= 0.3 is 0 Å². The molecule has 0 aliphatic carbocycles. The number of carbonyl (C=O) groups excluding carboxylic acids is 2. The molecule has 0 fully saturated rings. The average molecular weight is 270 g/mol. The summed E-state index contributed by atoms with van der Waals surface area (Å²) in [6.45, 7) is 1.85. The fraction of sp³-hybridized carbons (Fsp3) is 0.385. The second-order valence-electron chi connectivity index (χ2n) is 4.11. The highest BCUT2D eigenvalue weighted by Gasteiger charge is 2.14. The molecule has 1 atom stereocenters. The summed E-state index contributed by atoms with van der Waals surface area (Å²) < 4.78 is 0. The third kappa shape index (κ3) is 5.29. The molecular weight excluding hydrogens is 254 g/mol. The van der Waals surface area contributed by atoms with Crippen molar-refractivity contribution in [1.29, 1.82) is 0 Å². The molecule has 0 bridgehead atoms. The number of hydrogen-bond acceptors (Lipinski definition) is 3. The molecule has 0 saturated heterocycles. The average Bonchev–Trinajstić information content (AvgIpc) is 2.30. The molecule has 1 rings (SSSR count). The van der Waals surface area contributed by atoms with Gasteiger partial charge in [0, 0.05) is 18.0 Å². The minimum Gasteiger partial charge on any atom is -0.393 e. The van der Waals surface area contributed by atoms with Gasteiger partial charge in [0.1, 0.15) is 0 Å². The molecular formula is C13H16ClNO3. The molecule has 2 N–H and O–H groups in total. The molecule has 1 aromatic rings. The molecule has 0 spiro atoms. The van der Waals surface area contributed by atoms with E-state index in [2.05, 4.69) is 5.32 Å². The molecule has 0 heterocycles. The Morgan fingerprint density at radius 3 is 2.50 bits per heavy atom. The molecule has 0 aliphatic heterocycles. The fourth-order valence-electron chi connectivity index (χ4n) is 1.43. The molecule has 0 saturated carbocycles.